The number of aliphatic hydroxyl groups is 1. The lowest BCUT2D eigenvalue weighted by molar-refractivity contribution is 0.283. The minimum absolute atomic E-state index is 0.232. The highest BCUT2D eigenvalue weighted by Gasteiger charge is 2.14. The van der Waals surface area contributed by atoms with Gasteiger partial charge in [0.05, 0.1) is 5.39 Å². The Kier molecular flexibility index (Phi) is 5.37. The van der Waals surface area contributed by atoms with Gasteiger partial charge in [-0.1, -0.05) is 12.1 Å². The lowest BCUT2D eigenvalue weighted by Gasteiger charge is -2.09. The molecule has 0 saturated heterocycles. The zero-order valence-electron chi connectivity index (χ0n) is 13.6. The van der Waals surface area contributed by atoms with Crippen molar-refractivity contribution in [2.45, 2.75) is 26.2 Å². The van der Waals surface area contributed by atoms with Crippen LogP contribution >= 0.6 is 11.3 Å². The van der Waals surface area contributed by atoms with E-state index in [-0.39, 0.29) is 12.4 Å². The zero-order valence-corrected chi connectivity index (χ0v) is 14.4. The average Bonchev–Trinajstić information content (AvgIpc) is 2.99. The summed E-state index contributed by atoms with van der Waals surface area (Å²) in [6, 6.07) is 6.50. The molecule has 0 spiro atoms. The molecule has 0 unspecified atom stereocenters. The van der Waals surface area contributed by atoms with E-state index in [1.165, 1.54) is 12.1 Å². The van der Waals surface area contributed by atoms with Gasteiger partial charge in [0.1, 0.15) is 22.3 Å². The standard InChI is InChI=1S/C18H20FN3OS/c1-12-21-17(20-9-3-2-4-10-23)16-15(11-24-18(16)22-12)13-5-7-14(19)8-6-13/h5-8,11,23H,2-4,9-10H2,1H3,(H,20,21,22). The highest BCUT2D eigenvalue weighted by Crippen LogP contribution is 2.36. The fourth-order valence-electron chi connectivity index (χ4n) is 2.64. The van der Waals surface area contributed by atoms with Crippen molar-refractivity contribution in [1.29, 1.82) is 0 Å². The number of unbranched alkanes of at least 4 members (excludes halogenated alkanes) is 2. The molecular weight excluding hydrogens is 325 g/mol. The van der Waals surface area contributed by atoms with Crippen LogP contribution in [0.2, 0.25) is 0 Å². The Morgan fingerprint density at radius 1 is 1.12 bits per heavy atom. The van der Waals surface area contributed by atoms with Gasteiger partial charge in [-0.25, -0.2) is 14.4 Å². The second-order valence-electron chi connectivity index (χ2n) is 5.67. The molecule has 2 N–H and O–H groups in total. The lowest BCUT2D eigenvalue weighted by atomic mass is 10.1. The fraction of sp³-hybridized carbons (Fsp3) is 0.333. The molecule has 6 heteroatoms. The van der Waals surface area contributed by atoms with Crippen LogP contribution in [0, 0.1) is 12.7 Å². The third-order valence-electron chi connectivity index (χ3n) is 3.83. The predicted octanol–water partition coefficient (Wildman–Crippen LogP) is 4.38. The van der Waals surface area contributed by atoms with E-state index in [9.17, 15) is 4.39 Å². The molecule has 0 radical (unpaired) electrons. The third-order valence-corrected chi connectivity index (χ3v) is 4.70. The highest BCUT2D eigenvalue weighted by atomic mass is 32.1. The van der Waals surface area contributed by atoms with E-state index in [0.29, 0.717) is 0 Å². The van der Waals surface area contributed by atoms with Crippen molar-refractivity contribution in [2.75, 3.05) is 18.5 Å². The molecule has 0 aliphatic heterocycles. The first-order chi connectivity index (χ1) is 11.7. The maximum atomic E-state index is 13.2. The molecule has 3 aromatic rings. The first kappa shape index (κ1) is 16.8. The van der Waals surface area contributed by atoms with Gasteiger partial charge in [0.15, 0.2) is 0 Å². The number of aromatic nitrogens is 2. The molecule has 24 heavy (non-hydrogen) atoms. The van der Waals surface area contributed by atoms with Gasteiger partial charge < -0.3 is 10.4 Å². The van der Waals surface area contributed by atoms with Crippen LogP contribution in [0.15, 0.2) is 29.6 Å². The van der Waals surface area contributed by atoms with Gasteiger partial charge in [-0.05, 0) is 43.9 Å². The van der Waals surface area contributed by atoms with Crippen LogP contribution in [0.3, 0.4) is 0 Å². The number of nitrogens with one attached hydrogen (secondary N) is 1. The molecule has 3 rings (SSSR count). The predicted molar refractivity (Wildman–Crippen MR) is 97.0 cm³/mol. The Labute approximate surface area is 144 Å². The first-order valence-electron chi connectivity index (χ1n) is 8.05. The highest BCUT2D eigenvalue weighted by molar-refractivity contribution is 7.17. The molecule has 0 aliphatic carbocycles. The molecule has 2 aromatic heterocycles. The summed E-state index contributed by atoms with van der Waals surface area (Å²) >= 11 is 1.57. The van der Waals surface area contributed by atoms with E-state index in [0.717, 1.165) is 58.8 Å². The number of rotatable bonds is 7. The number of anilines is 1. The third kappa shape index (κ3) is 3.71. The smallest absolute Gasteiger partial charge is 0.139 e. The zero-order chi connectivity index (χ0) is 16.9. The first-order valence-corrected chi connectivity index (χ1v) is 8.93. The number of hydrogen-bond donors (Lipinski definition) is 2. The molecule has 0 fully saturated rings. The summed E-state index contributed by atoms with van der Waals surface area (Å²) in [4.78, 5) is 10.0. The number of aliphatic hydroxyl groups excluding tert-OH is 1. The van der Waals surface area contributed by atoms with Crippen LogP contribution in [0.25, 0.3) is 21.3 Å². The Balaban J connectivity index is 1.92. The number of nitrogens with zero attached hydrogens (tertiary/aromatic N) is 2. The average molecular weight is 345 g/mol. The van der Waals surface area contributed by atoms with E-state index in [1.54, 1.807) is 23.5 Å². The summed E-state index contributed by atoms with van der Waals surface area (Å²) in [5.74, 6) is 1.31. The normalized spacial score (nSPS) is 11.1. The number of fused-ring (bicyclic) bond motifs is 1. The van der Waals surface area contributed by atoms with Gasteiger partial charge >= 0.3 is 0 Å². The van der Waals surface area contributed by atoms with Crippen molar-refractivity contribution in [2.24, 2.45) is 0 Å². The summed E-state index contributed by atoms with van der Waals surface area (Å²) in [6.45, 7) is 2.91. The Hall–Kier alpha value is -2.05. The second kappa shape index (κ2) is 7.68. The van der Waals surface area contributed by atoms with E-state index in [4.69, 9.17) is 5.11 Å². The largest absolute Gasteiger partial charge is 0.396 e. The van der Waals surface area contributed by atoms with Crippen molar-refractivity contribution in [3.8, 4) is 11.1 Å². The molecule has 1 aromatic carbocycles. The van der Waals surface area contributed by atoms with E-state index >= 15 is 0 Å². The number of benzene rings is 1. The van der Waals surface area contributed by atoms with Crippen LogP contribution in [0.5, 0.6) is 0 Å². The Bertz CT molecular complexity index is 817. The van der Waals surface area contributed by atoms with Crippen molar-refractivity contribution >= 4 is 27.4 Å². The maximum absolute atomic E-state index is 13.2. The molecule has 0 bridgehead atoms. The molecular formula is C18H20FN3OS. The molecule has 2 heterocycles. The van der Waals surface area contributed by atoms with Crippen LogP contribution in [0.4, 0.5) is 10.2 Å². The quantitative estimate of drug-likeness (QED) is 0.624. The number of aryl methyl sites for hydroxylation is 1. The molecule has 0 saturated carbocycles. The molecule has 0 aliphatic rings. The van der Waals surface area contributed by atoms with Gasteiger partial charge in [0, 0.05) is 24.1 Å². The van der Waals surface area contributed by atoms with Crippen LogP contribution in [0.1, 0.15) is 25.1 Å². The summed E-state index contributed by atoms with van der Waals surface area (Å²) in [5.41, 5.74) is 1.98. The minimum Gasteiger partial charge on any atom is -0.396 e. The van der Waals surface area contributed by atoms with Crippen LogP contribution in [-0.4, -0.2) is 28.2 Å². The SMILES string of the molecule is Cc1nc(NCCCCCO)c2c(-c3ccc(F)cc3)csc2n1. The maximum Gasteiger partial charge on any atom is 0.139 e. The molecule has 0 atom stereocenters. The second-order valence-corrected chi connectivity index (χ2v) is 6.52. The van der Waals surface area contributed by atoms with Gasteiger partial charge in [0.2, 0.25) is 0 Å². The van der Waals surface area contributed by atoms with Gasteiger partial charge in [-0.3, -0.25) is 0 Å². The summed E-state index contributed by atoms with van der Waals surface area (Å²) in [7, 11) is 0. The minimum atomic E-state index is -0.243. The topological polar surface area (TPSA) is 58.0 Å². The molecule has 0 amide bonds. The van der Waals surface area contributed by atoms with Crippen LogP contribution < -0.4 is 5.32 Å². The van der Waals surface area contributed by atoms with Gasteiger partial charge in [-0.15, -0.1) is 11.3 Å². The van der Waals surface area contributed by atoms with Crippen molar-refractivity contribution in [1.82, 2.24) is 9.97 Å². The van der Waals surface area contributed by atoms with Crippen molar-refractivity contribution in [3.05, 3.63) is 41.3 Å². The fourth-order valence-corrected chi connectivity index (χ4v) is 3.63. The van der Waals surface area contributed by atoms with E-state index in [1.807, 2.05) is 12.3 Å². The molecule has 4 nitrogen and oxygen atoms in total. The Morgan fingerprint density at radius 2 is 1.92 bits per heavy atom. The Morgan fingerprint density at radius 3 is 2.67 bits per heavy atom. The molecule has 126 valence electrons. The van der Waals surface area contributed by atoms with Crippen LogP contribution in [-0.2, 0) is 0 Å². The number of halogens is 1. The summed E-state index contributed by atoms with van der Waals surface area (Å²) in [5, 5.41) is 15.3. The van der Waals surface area contributed by atoms with Gasteiger partial charge in [0.25, 0.3) is 0 Å². The van der Waals surface area contributed by atoms with E-state index in [2.05, 4.69) is 15.3 Å². The lowest BCUT2D eigenvalue weighted by Crippen LogP contribution is -2.05. The van der Waals surface area contributed by atoms with Crippen molar-refractivity contribution in [3.63, 3.8) is 0 Å². The number of hydrogen-bond acceptors (Lipinski definition) is 5. The summed E-state index contributed by atoms with van der Waals surface area (Å²) in [6.07, 6.45) is 2.77. The van der Waals surface area contributed by atoms with E-state index < -0.39 is 0 Å². The summed E-state index contributed by atoms with van der Waals surface area (Å²) < 4.78 is 13.2. The van der Waals surface area contributed by atoms with Gasteiger partial charge in [-0.2, -0.15) is 0 Å². The number of thiophene rings is 1. The monoisotopic (exact) mass is 345 g/mol. The van der Waals surface area contributed by atoms with Crippen molar-refractivity contribution < 1.29 is 9.50 Å².